The second-order valence-corrected chi connectivity index (χ2v) is 6.21. The Kier molecular flexibility index (Phi) is 7.01. The molecule has 1 amide bonds. The van der Waals surface area contributed by atoms with Gasteiger partial charge < -0.3 is 15.1 Å². The number of carbonyl (C=O) groups excluding carboxylic acids is 1. The van der Waals surface area contributed by atoms with Gasteiger partial charge in [-0.05, 0) is 58.9 Å². The third-order valence-electron chi connectivity index (χ3n) is 4.57. The summed E-state index contributed by atoms with van der Waals surface area (Å²) in [5, 5.41) is 3.04. The lowest BCUT2D eigenvalue weighted by Crippen LogP contribution is -2.28. The van der Waals surface area contributed by atoms with Crippen molar-refractivity contribution < 1.29 is 4.79 Å². The highest BCUT2D eigenvalue weighted by atomic mass is 16.1. The van der Waals surface area contributed by atoms with E-state index in [0.29, 0.717) is 5.56 Å². The molecule has 26 heavy (non-hydrogen) atoms. The summed E-state index contributed by atoms with van der Waals surface area (Å²) in [5.74, 6) is 1.64. The van der Waals surface area contributed by atoms with E-state index in [4.69, 9.17) is 4.98 Å². The Hall–Kier alpha value is -2.56. The third-order valence-corrected chi connectivity index (χ3v) is 4.57. The Labute approximate surface area is 157 Å². The van der Waals surface area contributed by atoms with Gasteiger partial charge in [-0.25, -0.2) is 4.98 Å². The SMILES string of the molecule is CCN(CC)c1ccc(NC(=O)c2ccc(C)cc2)c(N(CC)CC)n1. The Balaban J connectivity index is 2.36. The van der Waals surface area contributed by atoms with Gasteiger partial charge in [-0.15, -0.1) is 0 Å². The van der Waals surface area contributed by atoms with E-state index in [2.05, 4.69) is 42.8 Å². The molecule has 0 saturated carbocycles. The maximum atomic E-state index is 12.6. The molecule has 140 valence electrons. The van der Waals surface area contributed by atoms with Crippen LogP contribution in [0, 0.1) is 6.92 Å². The first-order valence-corrected chi connectivity index (χ1v) is 9.42. The minimum absolute atomic E-state index is 0.115. The van der Waals surface area contributed by atoms with Crippen LogP contribution >= 0.6 is 0 Å². The molecule has 0 spiro atoms. The first-order valence-electron chi connectivity index (χ1n) is 9.42. The molecule has 0 fully saturated rings. The Morgan fingerprint density at radius 3 is 2.00 bits per heavy atom. The van der Waals surface area contributed by atoms with E-state index < -0.39 is 0 Å². The van der Waals surface area contributed by atoms with E-state index >= 15 is 0 Å². The Morgan fingerprint density at radius 2 is 1.46 bits per heavy atom. The monoisotopic (exact) mass is 354 g/mol. The molecule has 1 N–H and O–H groups in total. The minimum atomic E-state index is -0.115. The van der Waals surface area contributed by atoms with E-state index in [-0.39, 0.29) is 5.91 Å². The number of hydrogen-bond acceptors (Lipinski definition) is 4. The van der Waals surface area contributed by atoms with Crippen molar-refractivity contribution in [1.82, 2.24) is 4.98 Å². The van der Waals surface area contributed by atoms with Gasteiger partial charge in [0.25, 0.3) is 5.91 Å². The molecule has 5 nitrogen and oxygen atoms in total. The minimum Gasteiger partial charge on any atom is -0.357 e. The van der Waals surface area contributed by atoms with E-state index in [1.807, 2.05) is 43.3 Å². The number of anilines is 3. The molecule has 2 rings (SSSR count). The average Bonchev–Trinajstić information content (AvgIpc) is 2.66. The molecule has 1 aromatic heterocycles. The fourth-order valence-electron chi connectivity index (χ4n) is 2.92. The van der Waals surface area contributed by atoms with E-state index in [0.717, 1.165) is 49.1 Å². The fraction of sp³-hybridized carbons (Fsp3) is 0.429. The molecule has 2 aromatic rings. The van der Waals surface area contributed by atoms with Crippen LogP contribution in [0.5, 0.6) is 0 Å². The highest BCUT2D eigenvalue weighted by Gasteiger charge is 2.16. The topological polar surface area (TPSA) is 48.5 Å². The van der Waals surface area contributed by atoms with Crippen LogP contribution in [-0.4, -0.2) is 37.1 Å². The number of benzene rings is 1. The number of nitrogens with zero attached hydrogens (tertiary/aromatic N) is 3. The van der Waals surface area contributed by atoms with Crippen LogP contribution in [0.2, 0.25) is 0 Å². The Bertz CT molecular complexity index is 719. The summed E-state index contributed by atoms with van der Waals surface area (Å²) in [6, 6.07) is 11.5. The van der Waals surface area contributed by atoms with Crippen LogP contribution in [0.25, 0.3) is 0 Å². The highest BCUT2D eigenvalue weighted by Crippen LogP contribution is 2.27. The molecule has 1 heterocycles. The number of pyridine rings is 1. The molecule has 0 aliphatic carbocycles. The van der Waals surface area contributed by atoms with Gasteiger partial charge >= 0.3 is 0 Å². The summed E-state index contributed by atoms with van der Waals surface area (Å²) in [5.41, 5.74) is 2.53. The number of amides is 1. The van der Waals surface area contributed by atoms with Crippen molar-refractivity contribution in [3.63, 3.8) is 0 Å². The van der Waals surface area contributed by atoms with Crippen molar-refractivity contribution >= 4 is 23.2 Å². The summed E-state index contributed by atoms with van der Waals surface area (Å²) in [6.45, 7) is 13.9. The van der Waals surface area contributed by atoms with Crippen molar-refractivity contribution in [2.45, 2.75) is 34.6 Å². The van der Waals surface area contributed by atoms with E-state index in [9.17, 15) is 4.79 Å². The molecule has 0 saturated heterocycles. The lowest BCUT2D eigenvalue weighted by molar-refractivity contribution is 0.102. The largest absolute Gasteiger partial charge is 0.357 e. The van der Waals surface area contributed by atoms with Crippen LogP contribution < -0.4 is 15.1 Å². The number of hydrogen-bond donors (Lipinski definition) is 1. The maximum Gasteiger partial charge on any atom is 0.255 e. The van der Waals surface area contributed by atoms with Crippen LogP contribution in [-0.2, 0) is 0 Å². The van der Waals surface area contributed by atoms with Crippen molar-refractivity contribution in [1.29, 1.82) is 0 Å². The summed E-state index contributed by atoms with van der Waals surface area (Å²) < 4.78 is 0. The molecule has 0 radical (unpaired) electrons. The van der Waals surface area contributed by atoms with Crippen LogP contribution in [0.3, 0.4) is 0 Å². The number of rotatable bonds is 8. The zero-order valence-corrected chi connectivity index (χ0v) is 16.5. The van der Waals surface area contributed by atoms with Crippen LogP contribution in [0.15, 0.2) is 36.4 Å². The molecular weight excluding hydrogens is 324 g/mol. The second-order valence-electron chi connectivity index (χ2n) is 6.21. The van der Waals surface area contributed by atoms with Gasteiger partial charge in [0, 0.05) is 31.7 Å². The molecule has 0 atom stereocenters. The molecule has 5 heteroatoms. The second kappa shape index (κ2) is 9.22. The first kappa shape index (κ1) is 19.8. The predicted molar refractivity (Wildman–Crippen MR) is 110 cm³/mol. The van der Waals surface area contributed by atoms with Crippen molar-refractivity contribution in [3.05, 3.63) is 47.5 Å². The predicted octanol–water partition coefficient (Wildman–Crippen LogP) is 4.33. The Morgan fingerprint density at radius 1 is 0.885 bits per heavy atom. The molecule has 0 aliphatic rings. The molecule has 1 aromatic carbocycles. The lowest BCUT2D eigenvalue weighted by atomic mass is 10.1. The molecule has 0 aliphatic heterocycles. The smallest absolute Gasteiger partial charge is 0.255 e. The summed E-state index contributed by atoms with van der Waals surface area (Å²) in [7, 11) is 0. The highest BCUT2D eigenvalue weighted by molar-refractivity contribution is 6.05. The number of carbonyl (C=O) groups is 1. The van der Waals surface area contributed by atoms with Crippen molar-refractivity contribution in [2.24, 2.45) is 0 Å². The quantitative estimate of drug-likeness (QED) is 0.766. The van der Waals surface area contributed by atoms with Gasteiger partial charge in [0.05, 0.1) is 5.69 Å². The zero-order valence-electron chi connectivity index (χ0n) is 16.5. The van der Waals surface area contributed by atoms with Gasteiger partial charge in [-0.2, -0.15) is 0 Å². The van der Waals surface area contributed by atoms with Crippen LogP contribution in [0.1, 0.15) is 43.6 Å². The molecular formula is C21H30N4O. The van der Waals surface area contributed by atoms with Gasteiger partial charge in [-0.1, -0.05) is 17.7 Å². The third kappa shape index (κ3) is 4.54. The average molecular weight is 354 g/mol. The first-order chi connectivity index (χ1) is 12.5. The zero-order chi connectivity index (χ0) is 19.1. The lowest BCUT2D eigenvalue weighted by Gasteiger charge is -2.26. The van der Waals surface area contributed by atoms with Crippen molar-refractivity contribution in [2.75, 3.05) is 41.3 Å². The number of aryl methyl sites for hydroxylation is 1. The van der Waals surface area contributed by atoms with Gasteiger partial charge in [-0.3, -0.25) is 4.79 Å². The van der Waals surface area contributed by atoms with Gasteiger partial charge in [0.15, 0.2) is 5.82 Å². The van der Waals surface area contributed by atoms with Crippen LogP contribution in [0.4, 0.5) is 17.3 Å². The standard InChI is InChI=1S/C21H30N4O/c1-6-24(7-2)19-15-14-18(20(23-19)25(8-3)9-4)22-21(26)17-12-10-16(5)11-13-17/h10-15H,6-9H2,1-5H3,(H,22,26). The van der Waals surface area contributed by atoms with Gasteiger partial charge in [0.1, 0.15) is 5.82 Å². The summed E-state index contributed by atoms with van der Waals surface area (Å²) in [6.07, 6.45) is 0. The summed E-state index contributed by atoms with van der Waals surface area (Å²) >= 11 is 0. The van der Waals surface area contributed by atoms with E-state index in [1.54, 1.807) is 0 Å². The van der Waals surface area contributed by atoms with Gasteiger partial charge in [0.2, 0.25) is 0 Å². The summed E-state index contributed by atoms with van der Waals surface area (Å²) in [4.78, 5) is 21.9. The maximum absolute atomic E-state index is 12.6. The molecule has 0 bridgehead atoms. The number of aromatic nitrogens is 1. The fourth-order valence-corrected chi connectivity index (χ4v) is 2.92. The van der Waals surface area contributed by atoms with Crippen molar-refractivity contribution in [3.8, 4) is 0 Å². The molecule has 0 unspecified atom stereocenters. The number of nitrogens with one attached hydrogen (secondary N) is 1. The van der Waals surface area contributed by atoms with E-state index in [1.165, 1.54) is 0 Å². The normalized spacial score (nSPS) is 10.5.